The maximum atomic E-state index is 12.5. The molecule has 9 heteroatoms. The molecular formula is C20H18N2O5S2. The normalized spacial score (nSPS) is 11.6. The smallest absolute Gasteiger partial charge is 0.261 e. The zero-order chi connectivity index (χ0) is 21.1. The van der Waals surface area contributed by atoms with Crippen molar-refractivity contribution in [2.24, 2.45) is 0 Å². The number of benzene rings is 3. The molecule has 3 rings (SSSR count). The average molecular weight is 431 g/mol. The second-order valence-electron chi connectivity index (χ2n) is 6.19. The standard InChI is InChI=1S/C20H18N2O5S2/c1-15(23)16-6-5-9-20(14-16)29(26,27)22-18-10-12-19(13-11-18)28(24,25)21-17-7-3-2-4-8-17/h2-14,21-22H,1H3. The van der Waals surface area contributed by atoms with Crippen LogP contribution in [0.2, 0.25) is 0 Å². The maximum Gasteiger partial charge on any atom is 0.261 e. The van der Waals surface area contributed by atoms with E-state index in [2.05, 4.69) is 9.44 Å². The summed E-state index contributed by atoms with van der Waals surface area (Å²) in [5, 5.41) is 0. The SMILES string of the molecule is CC(=O)c1cccc(S(=O)(=O)Nc2ccc(S(=O)(=O)Nc3ccccc3)cc2)c1. The Labute approximate surface area is 169 Å². The molecule has 150 valence electrons. The van der Waals surface area contributed by atoms with Crippen molar-refractivity contribution in [1.29, 1.82) is 0 Å². The van der Waals surface area contributed by atoms with Gasteiger partial charge in [-0.25, -0.2) is 16.8 Å². The highest BCUT2D eigenvalue weighted by Gasteiger charge is 2.17. The number of ketones is 1. The van der Waals surface area contributed by atoms with E-state index in [0.29, 0.717) is 5.69 Å². The number of hydrogen-bond donors (Lipinski definition) is 2. The van der Waals surface area contributed by atoms with Crippen molar-refractivity contribution in [2.75, 3.05) is 9.44 Å². The summed E-state index contributed by atoms with van der Waals surface area (Å²) >= 11 is 0. The van der Waals surface area contributed by atoms with Gasteiger partial charge in [0.05, 0.1) is 9.79 Å². The highest BCUT2D eigenvalue weighted by Crippen LogP contribution is 2.21. The first-order valence-electron chi connectivity index (χ1n) is 8.49. The fourth-order valence-corrected chi connectivity index (χ4v) is 4.68. The number of carbonyl (C=O) groups is 1. The van der Waals surface area contributed by atoms with Crippen molar-refractivity contribution >= 4 is 37.2 Å². The quantitative estimate of drug-likeness (QED) is 0.558. The highest BCUT2D eigenvalue weighted by atomic mass is 32.2. The van der Waals surface area contributed by atoms with Gasteiger partial charge in [-0.3, -0.25) is 14.2 Å². The predicted octanol–water partition coefficient (Wildman–Crippen LogP) is 3.49. The van der Waals surface area contributed by atoms with Gasteiger partial charge in [0, 0.05) is 16.9 Å². The molecule has 0 aliphatic heterocycles. The van der Waals surface area contributed by atoms with Crippen LogP contribution in [0.3, 0.4) is 0 Å². The first-order valence-corrected chi connectivity index (χ1v) is 11.5. The minimum Gasteiger partial charge on any atom is -0.295 e. The largest absolute Gasteiger partial charge is 0.295 e. The van der Waals surface area contributed by atoms with Gasteiger partial charge in [-0.15, -0.1) is 0 Å². The molecule has 0 aromatic heterocycles. The van der Waals surface area contributed by atoms with Crippen LogP contribution in [0.4, 0.5) is 11.4 Å². The van der Waals surface area contributed by atoms with Crippen LogP contribution in [0.5, 0.6) is 0 Å². The lowest BCUT2D eigenvalue weighted by molar-refractivity contribution is 0.101. The Bertz CT molecular complexity index is 1240. The first-order chi connectivity index (χ1) is 13.7. The Morgan fingerprint density at radius 3 is 1.79 bits per heavy atom. The predicted molar refractivity (Wildman–Crippen MR) is 111 cm³/mol. The topological polar surface area (TPSA) is 109 Å². The molecule has 0 spiro atoms. The van der Waals surface area contributed by atoms with Crippen molar-refractivity contribution < 1.29 is 21.6 Å². The Morgan fingerprint density at radius 1 is 0.655 bits per heavy atom. The summed E-state index contributed by atoms with van der Waals surface area (Å²) in [7, 11) is -7.74. The zero-order valence-corrected chi connectivity index (χ0v) is 17.0. The number of sulfonamides is 2. The molecule has 0 bridgehead atoms. The minimum absolute atomic E-state index is 0.0112. The summed E-state index contributed by atoms with van der Waals surface area (Å²) in [6, 6.07) is 19.4. The van der Waals surface area contributed by atoms with Crippen LogP contribution in [0.25, 0.3) is 0 Å². The number of Topliss-reactive ketones (excluding diaryl/α,β-unsaturated/α-hetero) is 1. The van der Waals surface area contributed by atoms with E-state index in [-0.39, 0.29) is 26.8 Å². The minimum atomic E-state index is -3.93. The van der Waals surface area contributed by atoms with Crippen molar-refractivity contribution in [3.63, 3.8) is 0 Å². The average Bonchev–Trinajstić information content (AvgIpc) is 2.68. The molecule has 0 amide bonds. The highest BCUT2D eigenvalue weighted by molar-refractivity contribution is 7.93. The molecule has 7 nitrogen and oxygen atoms in total. The van der Waals surface area contributed by atoms with E-state index in [9.17, 15) is 21.6 Å². The fourth-order valence-electron chi connectivity index (χ4n) is 2.52. The van der Waals surface area contributed by atoms with Gasteiger partial charge in [0.25, 0.3) is 20.0 Å². The molecule has 0 radical (unpaired) electrons. The van der Waals surface area contributed by atoms with E-state index < -0.39 is 20.0 Å². The second-order valence-corrected chi connectivity index (χ2v) is 9.55. The van der Waals surface area contributed by atoms with Gasteiger partial charge >= 0.3 is 0 Å². The monoisotopic (exact) mass is 430 g/mol. The lowest BCUT2D eigenvalue weighted by atomic mass is 10.2. The molecule has 2 N–H and O–H groups in total. The van der Waals surface area contributed by atoms with Gasteiger partial charge in [0.15, 0.2) is 5.78 Å². The van der Waals surface area contributed by atoms with E-state index in [1.54, 1.807) is 30.3 Å². The molecule has 0 heterocycles. The number of nitrogens with one attached hydrogen (secondary N) is 2. The zero-order valence-electron chi connectivity index (χ0n) is 15.4. The molecule has 29 heavy (non-hydrogen) atoms. The van der Waals surface area contributed by atoms with Crippen molar-refractivity contribution in [3.8, 4) is 0 Å². The van der Waals surface area contributed by atoms with Gasteiger partial charge < -0.3 is 0 Å². The van der Waals surface area contributed by atoms with Gasteiger partial charge in [-0.1, -0.05) is 30.3 Å². The molecule has 0 saturated carbocycles. The molecule has 0 atom stereocenters. The van der Waals surface area contributed by atoms with Gasteiger partial charge in [-0.05, 0) is 55.5 Å². The molecule has 0 saturated heterocycles. The molecule has 0 unspecified atom stereocenters. The van der Waals surface area contributed by atoms with Crippen LogP contribution >= 0.6 is 0 Å². The third-order valence-electron chi connectivity index (χ3n) is 3.99. The van der Waals surface area contributed by atoms with Gasteiger partial charge in [0.2, 0.25) is 0 Å². The Kier molecular flexibility index (Phi) is 5.71. The summed E-state index contributed by atoms with van der Waals surface area (Å²) in [6.45, 7) is 1.35. The van der Waals surface area contributed by atoms with E-state index in [1.807, 2.05) is 0 Å². The third kappa shape index (κ3) is 5.01. The summed E-state index contributed by atoms with van der Waals surface area (Å²) in [6.07, 6.45) is 0. The van der Waals surface area contributed by atoms with E-state index in [0.717, 1.165) is 0 Å². The lowest BCUT2D eigenvalue weighted by Crippen LogP contribution is -2.15. The number of para-hydroxylation sites is 1. The van der Waals surface area contributed by atoms with Crippen LogP contribution in [0.15, 0.2) is 88.7 Å². The van der Waals surface area contributed by atoms with Crippen molar-refractivity contribution in [3.05, 3.63) is 84.4 Å². The van der Waals surface area contributed by atoms with E-state index >= 15 is 0 Å². The van der Waals surface area contributed by atoms with Crippen molar-refractivity contribution in [2.45, 2.75) is 16.7 Å². The lowest BCUT2D eigenvalue weighted by Gasteiger charge is -2.11. The molecule has 0 aliphatic rings. The number of anilines is 2. The fraction of sp³-hybridized carbons (Fsp3) is 0.0500. The van der Waals surface area contributed by atoms with Crippen LogP contribution in [0, 0.1) is 0 Å². The Morgan fingerprint density at radius 2 is 1.21 bits per heavy atom. The number of rotatable bonds is 7. The molecular weight excluding hydrogens is 412 g/mol. The van der Waals surface area contributed by atoms with Crippen LogP contribution in [-0.4, -0.2) is 22.6 Å². The first kappa shape index (κ1) is 20.6. The maximum absolute atomic E-state index is 12.5. The summed E-state index contributed by atoms with van der Waals surface area (Å²) in [5.41, 5.74) is 0.890. The van der Waals surface area contributed by atoms with Crippen LogP contribution in [0.1, 0.15) is 17.3 Å². The number of hydrogen-bond acceptors (Lipinski definition) is 5. The van der Waals surface area contributed by atoms with Crippen LogP contribution in [-0.2, 0) is 20.0 Å². The van der Waals surface area contributed by atoms with E-state index in [1.165, 1.54) is 55.5 Å². The molecule has 0 aliphatic carbocycles. The Hall–Kier alpha value is -3.17. The Balaban J connectivity index is 1.80. The third-order valence-corrected chi connectivity index (χ3v) is 6.77. The molecule has 0 fully saturated rings. The second kappa shape index (κ2) is 8.06. The summed E-state index contributed by atoms with van der Waals surface area (Å²) < 4.78 is 54.8. The van der Waals surface area contributed by atoms with Gasteiger partial charge in [0.1, 0.15) is 0 Å². The van der Waals surface area contributed by atoms with Gasteiger partial charge in [-0.2, -0.15) is 0 Å². The number of carbonyl (C=O) groups excluding carboxylic acids is 1. The molecule has 3 aromatic rings. The van der Waals surface area contributed by atoms with Crippen molar-refractivity contribution in [1.82, 2.24) is 0 Å². The molecule has 3 aromatic carbocycles. The van der Waals surface area contributed by atoms with Crippen LogP contribution < -0.4 is 9.44 Å². The summed E-state index contributed by atoms with van der Waals surface area (Å²) in [4.78, 5) is 11.4. The summed E-state index contributed by atoms with van der Waals surface area (Å²) in [5.74, 6) is -0.248. The van der Waals surface area contributed by atoms with E-state index in [4.69, 9.17) is 0 Å².